The van der Waals surface area contributed by atoms with Gasteiger partial charge in [-0.05, 0) is 152 Å². The number of hydrogen-bond acceptors (Lipinski definition) is 1. The van der Waals surface area contributed by atoms with Crippen LogP contribution in [0.4, 0.5) is 5.69 Å². The molecule has 9 rings (SSSR count). The molecule has 0 spiro atoms. The van der Waals surface area contributed by atoms with Gasteiger partial charge in [-0.1, -0.05) is 193 Å². The molecular weight excluding hydrogens is 797 g/mol. The quantitative estimate of drug-likeness (QED) is 0.136. The van der Waals surface area contributed by atoms with Crippen molar-refractivity contribution in [1.82, 2.24) is 4.57 Å². The van der Waals surface area contributed by atoms with Gasteiger partial charge in [-0.15, -0.1) is 0 Å². The van der Waals surface area contributed by atoms with Crippen LogP contribution in [0.25, 0.3) is 78.1 Å². The minimum atomic E-state index is -0.0341. The number of aryl methyl sites for hydroxylation is 2. The van der Waals surface area contributed by atoms with Crippen molar-refractivity contribution < 1.29 is 0 Å². The van der Waals surface area contributed by atoms with Gasteiger partial charge in [0.25, 0.3) is 0 Å². The van der Waals surface area contributed by atoms with Gasteiger partial charge in [0.2, 0.25) is 0 Å². The standard InChI is InChI=1S/C64H60N2/c1-44-18-12-13-24-55(44)60-41-47(29-27-45(60)2)48-30-37-58-59-38-31-50(43-62(59)66(61(58)42-48)54-22-10-9-11-23-54)57-26-15-14-25-56(57)49-20-16-19-46(40-49)28-32-51(63(3,4)5)21-17-39-65-53-35-33-52(34-36-53)64(6,7)8/h9-43,65H,1-8H3/b32-28-,39-17+,51-21+. The topological polar surface area (TPSA) is 17.0 Å². The molecule has 0 fully saturated rings. The molecule has 0 saturated heterocycles. The number of nitrogens with one attached hydrogen (secondary N) is 1. The number of aromatic nitrogens is 1. The van der Waals surface area contributed by atoms with Crippen LogP contribution in [0.1, 0.15) is 63.8 Å². The second-order valence-electron chi connectivity index (χ2n) is 19.7. The van der Waals surface area contributed by atoms with E-state index in [1.54, 1.807) is 0 Å². The normalized spacial score (nSPS) is 12.5. The van der Waals surface area contributed by atoms with E-state index >= 15 is 0 Å². The molecule has 0 unspecified atom stereocenters. The lowest BCUT2D eigenvalue weighted by Crippen LogP contribution is -2.10. The Bertz CT molecular complexity index is 3290. The molecule has 0 aliphatic rings. The lowest BCUT2D eigenvalue weighted by atomic mass is 9.85. The first-order valence-corrected chi connectivity index (χ1v) is 23.2. The third-order valence-corrected chi connectivity index (χ3v) is 12.9. The third kappa shape index (κ3) is 9.23. The largest absolute Gasteiger partial charge is 0.362 e. The number of nitrogens with zero attached hydrogens (tertiary/aromatic N) is 1. The van der Waals surface area contributed by atoms with E-state index in [0.717, 1.165) is 16.9 Å². The number of benzene rings is 8. The second-order valence-corrected chi connectivity index (χ2v) is 19.7. The smallest absolute Gasteiger partial charge is 0.0547 e. The van der Waals surface area contributed by atoms with Crippen molar-refractivity contribution >= 4 is 33.6 Å². The summed E-state index contributed by atoms with van der Waals surface area (Å²) in [6.07, 6.45) is 10.8. The lowest BCUT2D eigenvalue weighted by Gasteiger charge is -2.20. The van der Waals surface area contributed by atoms with E-state index in [2.05, 4.69) is 272 Å². The van der Waals surface area contributed by atoms with Crippen LogP contribution < -0.4 is 5.32 Å². The Hall–Kier alpha value is -7.42. The van der Waals surface area contributed by atoms with Crippen molar-refractivity contribution in [1.29, 1.82) is 0 Å². The van der Waals surface area contributed by atoms with E-state index in [9.17, 15) is 0 Å². The highest BCUT2D eigenvalue weighted by molar-refractivity contribution is 6.11. The molecule has 8 aromatic carbocycles. The fraction of sp³-hybridized carbons (Fsp3) is 0.156. The highest BCUT2D eigenvalue weighted by Crippen LogP contribution is 2.40. The third-order valence-electron chi connectivity index (χ3n) is 12.9. The van der Waals surface area contributed by atoms with Crippen LogP contribution in [-0.2, 0) is 5.41 Å². The van der Waals surface area contributed by atoms with Gasteiger partial charge in [-0.3, -0.25) is 0 Å². The van der Waals surface area contributed by atoms with Crippen LogP contribution in [0.3, 0.4) is 0 Å². The molecule has 0 aliphatic carbocycles. The maximum atomic E-state index is 3.44. The number of para-hydroxylation sites is 1. The Labute approximate surface area is 392 Å². The summed E-state index contributed by atoms with van der Waals surface area (Å²) in [6, 6.07) is 66.8. The fourth-order valence-corrected chi connectivity index (χ4v) is 9.09. The molecule has 9 aromatic rings. The summed E-state index contributed by atoms with van der Waals surface area (Å²) >= 11 is 0. The van der Waals surface area contributed by atoms with Crippen molar-refractivity contribution in [3.8, 4) is 50.2 Å². The molecule has 0 bridgehead atoms. The van der Waals surface area contributed by atoms with Crippen molar-refractivity contribution in [2.24, 2.45) is 5.41 Å². The molecule has 0 saturated carbocycles. The van der Waals surface area contributed by atoms with E-state index in [1.165, 1.54) is 88.6 Å². The van der Waals surface area contributed by atoms with Gasteiger partial charge in [0.1, 0.15) is 0 Å². The molecular formula is C64H60N2. The molecule has 0 atom stereocenters. The Balaban J connectivity index is 1.05. The predicted molar refractivity (Wildman–Crippen MR) is 286 cm³/mol. The van der Waals surface area contributed by atoms with Gasteiger partial charge in [-0.25, -0.2) is 0 Å². The second kappa shape index (κ2) is 18.2. The number of allylic oxidation sites excluding steroid dienone is 4. The summed E-state index contributed by atoms with van der Waals surface area (Å²) in [5, 5.41) is 5.92. The van der Waals surface area contributed by atoms with Gasteiger partial charge in [0, 0.05) is 28.3 Å². The minimum absolute atomic E-state index is 0.0341. The molecule has 1 heterocycles. The van der Waals surface area contributed by atoms with E-state index in [-0.39, 0.29) is 10.8 Å². The summed E-state index contributed by atoms with van der Waals surface area (Å²) in [5.74, 6) is 0. The van der Waals surface area contributed by atoms with Crippen molar-refractivity contribution in [2.45, 2.75) is 60.8 Å². The number of fused-ring (bicyclic) bond motifs is 3. The summed E-state index contributed by atoms with van der Waals surface area (Å²) in [7, 11) is 0. The van der Waals surface area contributed by atoms with Crippen molar-refractivity contribution in [2.75, 3.05) is 5.32 Å². The molecule has 1 aromatic heterocycles. The number of hydrogen-bond donors (Lipinski definition) is 1. The monoisotopic (exact) mass is 856 g/mol. The minimum Gasteiger partial charge on any atom is -0.362 e. The zero-order valence-electron chi connectivity index (χ0n) is 39.7. The van der Waals surface area contributed by atoms with Crippen LogP contribution >= 0.6 is 0 Å². The molecule has 0 aliphatic heterocycles. The van der Waals surface area contributed by atoms with Crippen LogP contribution in [0.15, 0.2) is 212 Å². The summed E-state index contributed by atoms with van der Waals surface area (Å²) in [4.78, 5) is 0. The molecule has 326 valence electrons. The first kappa shape index (κ1) is 43.8. The van der Waals surface area contributed by atoms with Crippen LogP contribution in [0, 0.1) is 19.3 Å². The Morgan fingerprint density at radius 1 is 0.485 bits per heavy atom. The maximum Gasteiger partial charge on any atom is 0.0547 e. The van der Waals surface area contributed by atoms with E-state index in [4.69, 9.17) is 0 Å². The Morgan fingerprint density at radius 3 is 1.73 bits per heavy atom. The maximum absolute atomic E-state index is 3.44. The first-order valence-electron chi connectivity index (χ1n) is 23.2. The molecule has 2 heteroatoms. The highest BCUT2D eigenvalue weighted by Gasteiger charge is 2.18. The lowest BCUT2D eigenvalue weighted by molar-refractivity contribution is 0.517. The zero-order chi connectivity index (χ0) is 46.0. The number of rotatable bonds is 10. The predicted octanol–water partition coefficient (Wildman–Crippen LogP) is 18.0. The van der Waals surface area contributed by atoms with Crippen molar-refractivity contribution in [3.63, 3.8) is 0 Å². The molecule has 1 N–H and O–H groups in total. The van der Waals surface area contributed by atoms with Gasteiger partial charge in [-0.2, -0.15) is 0 Å². The van der Waals surface area contributed by atoms with Gasteiger partial charge in [0.05, 0.1) is 11.0 Å². The fourth-order valence-electron chi connectivity index (χ4n) is 9.09. The average Bonchev–Trinajstić information content (AvgIpc) is 3.64. The highest BCUT2D eigenvalue weighted by atomic mass is 15.0. The SMILES string of the molecule is Cc1ccccc1-c1cc(-c2ccc3c4ccc(-c5ccccc5-c5cccc(\C=C/C(=C\C=C\Nc6ccc(C(C)(C)C)cc6)C(C)(C)C)c5)cc4n(-c4ccccc4)c3c2)ccc1C. The van der Waals surface area contributed by atoms with Crippen LogP contribution in [-0.4, -0.2) is 4.57 Å². The summed E-state index contributed by atoms with van der Waals surface area (Å²) in [5.41, 5.74) is 20.8. The Morgan fingerprint density at radius 2 is 1.06 bits per heavy atom. The molecule has 0 amide bonds. The molecule has 2 nitrogen and oxygen atoms in total. The van der Waals surface area contributed by atoms with E-state index in [1.807, 2.05) is 6.20 Å². The zero-order valence-corrected chi connectivity index (χ0v) is 39.7. The van der Waals surface area contributed by atoms with Gasteiger partial charge >= 0.3 is 0 Å². The van der Waals surface area contributed by atoms with Gasteiger partial charge in [0.15, 0.2) is 0 Å². The van der Waals surface area contributed by atoms with Crippen LogP contribution in [0.2, 0.25) is 0 Å². The average molecular weight is 857 g/mol. The Kier molecular flexibility index (Phi) is 12.1. The van der Waals surface area contributed by atoms with Gasteiger partial charge < -0.3 is 9.88 Å². The van der Waals surface area contributed by atoms with Crippen molar-refractivity contribution in [3.05, 3.63) is 234 Å². The molecule has 66 heavy (non-hydrogen) atoms. The summed E-state index contributed by atoms with van der Waals surface area (Å²) in [6.45, 7) is 17.9. The van der Waals surface area contributed by atoms with E-state index in [0.29, 0.717) is 0 Å². The van der Waals surface area contributed by atoms with E-state index < -0.39 is 0 Å². The van der Waals surface area contributed by atoms with Crippen LogP contribution in [0.5, 0.6) is 0 Å². The number of anilines is 1. The first-order chi connectivity index (χ1) is 31.8. The summed E-state index contributed by atoms with van der Waals surface area (Å²) < 4.78 is 2.44. The molecule has 0 radical (unpaired) electrons.